The molecule has 0 saturated heterocycles. The number of hydrogen-bond acceptors (Lipinski definition) is 5. The third-order valence-corrected chi connectivity index (χ3v) is 5.05. The van der Waals surface area contributed by atoms with Gasteiger partial charge in [0.2, 0.25) is 11.8 Å². The van der Waals surface area contributed by atoms with Crippen LogP contribution < -0.4 is 21.5 Å². The van der Waals surface area contributed by atoms with Crippen LogP contribution in [-0.4, -0.2) is 29.9 Å². The molecule has 33 heavy (non-hydrogen) atoms. The molecule has 2 amide bonds. The maximum Gasteiger partial charge on any atom is 0.243 e. The smallest absolute Gasteiger partial charge is 0.243 e. The molecule has 1 aromatic carbocycles. The Balaban J connectivity index is 1.47. The highest BCUT2D eigenvalue weighted by atomic mass is 16.2. The maximum absolute atomic E-state index is 12.1. The number of hydrazine groups is 1. The van der Waals surface area contributed by atoms with Crippen LogP contribution in [0.5, 0.6) is 0 Å². The molecule has 0 saturated carbocycles. The average Bonchev–Trinajstić information content (AvgIpc) is 2.85. The monoisotopic (exact) mass is 451 g/mol. The van der Waals surface area contributed by atoms with Gasteiger partial charge in [0, 0.05) is 51.1 Å². The van der Waals surface area contributed by atoms with Gasteiger partial charge in [-0.2, -0.15) is 0 Å². The van der Waals surface area contributed by atoms with Crippen molar-refractivity contribution in [1.82, 2.24) is 26.5 Å². The van der Waals surface area contributed by atoms with Gasteiger partial charge < -0.3 is 10.6 Å². The Morgan fingerprint density at radius 3 is 2.36 bits per heavy atom. The summed E-state index contributed by atoms with van der Waals surface area (Å²) in [7, 11) is 0. The Kier molecular flexibility index (Phi) is 13.2. The summed E-state index contributed by atoms with van der Waals surface area (Å²) in [4.78, 5) is 27.9. The number of unbranched alkanes of at least 4 members (excludes halogenated alkanes) is 3. The van der Waals surface area contributed by atoms with Gasteiger partial charge in [0.25, 0.3) is 0 Å². The lowest BCUT2D eigenvalue weighted by Gasteiger charge is -2.08. The number of carbonyl (C=O) groups excluding carboxylic acids is 2. The summed E-state index contributed by atoms with van der Waals surface area (Å²) < 4.78 is 0. The topological polar surface area (TPSA) is 95.1 Å². The number of aromatic nitrogens is 1. The molecule has 0 aliphatic heterocycles. The molecule has 0 atom stereocenters. The first kappa shape index (κ1) is 26.2. The van der Waals surface area contributed by atoms with Crippen molar-refractivity contribution >= 4 is 17.9 Å². The predicted octanol–water partition coefficient (Wildman–Crippen LogP) is 3.48. The number of nitrogens with zero attached hydrogens (tertiary/aromatic N) is 1. The second-order valence-corrected chi connectivity index (χ2v) is 7.95. The highest BCUT2D eigenvalue weighted by Crippen LogP contribution is 2.06. The van der Waals surface area contributed by atoms with Crippen molar-refractivity contribution in [2.45, 2.75) is 58.5 Å². The van der Waals surface area contributed by atoms with Crippen molar-refractivity contribution in [3.63, 3.8) is 0 Å². The minimum atomic E-state index is -0.101. The van der Waals surface area contributed by atoms with Gasteiger partial charge >= 0.3 is 0 Å². The Labute approximate surface area is 197 Å². The van der Waals surface area contributed by atoms with E-state index in [9.17, 15) is 9.59 Å². The van der Waals surface area contributed by atoms with E-state index in [1.165, 1.54) is 11.6 Å². The molecule has 7 heteroatoms. The molecule has 2 rings (SSSR count). The maximum atomic E-state index is 12.1. The first-order chi connectivity index (χ1) is 16.2. The molecule has 0 radical (unpaired) electrons. The molecule has 4 N–H and O–H groups in total. The van der Waals surface area contributed by atoms with Crippen molar-refractivity contribution in [2.75, 3.05) is 13.1 Å². The van der Waals surface area contributed by atoms with Gasteiger partial charge in [0.1, 0.15) is 0 Å². The van der Waals surface area contributed by atoms with Crippen LogP contribution in [-0.2, 0) is 22.7 Å². The van der Waals surface area contributed by atoms with E-state index in [1.807, 2.05) is 12.1 Å². The number of amides is 2. The van der Waals surface area contributed by atoms with Crippen LogP contribution in [0.25, 0.3) is 6.08 Å². The molecule has 0 spiro atoms. The molecular weight excluding hydrogens is 414 g/mol. The zero-order valence-electron chi connectivity index (χ0n) is 19.6. The van der Waals surface area contributed by atoms with Crippen molar-refractivity contribution in [1.29, 1.82) is 0 Å². The quantitative estimate of drug-likeness (QED) is 0.178. The minimum absolute atomic E-state index is 0.0818. The molecule has 178 valence electrons. The van der Waals surface area contributed by atoms with Crippen LogP contribution in [0.4, 0.5) is 0 Å². The number of benzene rings is 1. The summed E-state index contributed by atoms with van der Waals surface area (Å²) in [6, 6.07) is 12.0. The predicted molar refractivity (Wildman–Crippen MR) is 133 cm³/mol. The van der Waals surface area contributed by atoms with Crippen molar-refractivity contribution < 1.29 is 9.59 Å². The summed E-state index contributed by atoms with van der Waals surface area (Å²) in [5.74, 6) is -0.0194. The fourth-order valence-corrected chi connectivity index (χ4v) is 3.12. The standard InChI is InChI=1S/C26H37N5O2/c1-2-16-30-31-21-24-12-10-23(11-13-24)20-29-25(32)9-5-3-4-6-18-28-26(33)15-14-22-8-7-17-27-19-22/h7-8,10-15,17,19,30-31H,2-6,9,16,18,20-21H2,1H3,(H,28,33)(H,29,32)/b15-14+. The summed E-state index contributed by atoms with van der Waals surface area (Å²) in [5, 5.41) is 5.87. The zero-order chi connectivity index (χ0) is 23.6. The normalized spacial score (nSPS) is 10.9. The molecule has 0 bridgehead atoms. The fourth-order valence-electron chi connectivity index (χ4n) is 3.12. The second kappa shape index (κ2) is 16.6. The number of nitrogens with one attached hydrogen (secondary N) is 4. The van der Waals surface area contributed by atoms with Gasteiger partial charge in [-0.1, -0.05) is 50.1 Å². The summed E-state index contributed by atoms with van der Waals surface area (Å²) >= 11 is 0. The van der Waals surface area contributed by atoms with E-state index in [2.05, 4.69) is 57.7 Å². The SMILES string of the molecule is CCCNNCc1ccc(CNC(=O)CCCCCCNC(=O)/C=C/c2cccnc2)cc1. The van der Waals surface area contributed by atoms with Crippen LogP contribution >= 0.6 is 0 Å². The van der Waals surface area contributed by atoms with Crippen molar-refractivity contribution in [3.8, 4) is 0 Å². The number of rotatable bonds is 16. The molecule has 0 aliphatic carbocycles. The lowest BCUT2D eigenvalue weighted by atomic mass is 10.1. The Hall–Kier alpha value is -3.03. The van der Waals surface area contributed by atoms with E-state index in [0.717, 1.165) is 56.3 Å². The zero-order valence-corrected chi connectivity index (χ0v) is 19.6. The van der Waals surface area contributed by atoms with Crippen LogP contribution in [0, 0.1) is 0 Å². The Bertz CT molecular complexity index is 838. The third-order valence-electron chi connectivity index (χ3n) is 5.05. The van der Waals surface area contributed by atoms with Gasteiger partial charge in [-0.05, 0) is 48.1 Å². The molecule has 0 fully saturated rings. The van der Waals surface area contributed by atoms with Gasteiger partial charge in [0.15, 0.2) is 0 Å². The van der Waals surface area contributed by atoms with Crippen molar-refractivity contribution in [3.05, 3.63) is 71.6 Å². The minimum Gasteiger partial charge on any atom is -0.353 e. The van der Waals surface area contributed by atoms with Gasteiger partial charge in [-0.15, -0.1) is 0 Å². The van der Waals surface area contributed by atoms with E-state index in [0.29, 0.717) is 19.5 Å². The first-order valence-electron chi connectivity index (χ1n) is 11.8. The van der Waals surface area contributed by atoms with Crippen LogP contribution in [0.3, 0.4) is 0 Å². The highest BCUT2D eigenvalue weighted by molar-refractivity contribution is 5.91. The van der Waals surface area contributed by atoms with Gasteiger partial charge in [-0.25, -0.2) is 0 Å². The van der Waals surface area contributed by atoms with E-state index < -0.39 is 0 Å². The van der Waals surface area contributed by atoms with E-state index >= 15 is 0 Å². The lowest BCUT2D eigenvalue weighted by Crippen LogP contribution is -2.31. The van der Waals surface area contributed by atoms with Gasteiger partial charge in [-0.3, -0.25) is 25.4 Å². The largest absolute Gasteiger partial charge is 0.353 e. The summed E-state index contributed by atoms with van der Waals surface area (Å²) in [6.45, 7) is 5.05. The molecule has 0 aliphatic rings. The lowest BCUT2D eigenvalue weighted by molar-refractivity contribution is -0.121. The van der Waals surface area contributed by atoms with Crippen LogP contribution in [0.2, 0.25) is 0 Å². The second-order valence-electron chi connectivity index (χ2n) is 7.95. The van der Waals surface area contributed by atoms with Crippen LogP contribution in [0.15, 0.2) is 54.9 Å². The van der Waals surface area contributed by atoms with Gasteiger partial charge in [0.05, 0.1) is 0 Å². The Morgan fingerprint density at radius 1 is 0.879 bits per heavy atom. The number of pyridine rings is 1. The van der Waals surface area contributed by atoms with E-state index in [1.54, 1.807) is 18.5 Å². The number of hydrogen-bond donors (Lipinski definition) is 4. The van der Waals surface area contributed by atoms with Crippen LogP contribution in [0.1, 0.15) is 62.1 Å². The fraction of sp³-hybridized carbons (Fsp3) is 0.423. The average molecular weight is 452 g/mol. The first-order valence-corrected chi connectivity index (χ1v) is 11.8. The van der Waals surface area contributed by atoms with E-state index in [-0.39, 0.29) is 11.8 Å². The molecule has 1 aromatic heterocycles. The Morgan fingerprint density at radius 2 is 1.64 bits per heavy atom. The number of carbonyl (C=O) groups is 2. The molecule has 1 heterocycles. The molecule has 2 aromatic rings. The third kappa shape index (κ3) is 12.6. The molecular formula is C26H37N5O2. The summed E-state index contributed by atoms with van der Waals surface area (Å²) in [5.41, 5.74) is 9.55. The van der Waals surface area contributed by atoms with E-state index in [4.69, 9.17) is 0 Å². The van der Waals surface area contributed by atoms with Crippen molar-refractivity contribution in [2.24, 2.45) is 0 Å². The molecule has 0 unspecified atom stereocenters. The summed E-state index contributed by atoms with van der Waals surface area (Å²) in [6.07, 6.45) is 12.0. The molecule has 7 nitrogen and oxygen atoms in total. The highest BCUT2D eigenvalue weighted by Gasteiger charge is 2.02.